The van der Waals surface area contributed by atoms with Gasteiger partial charge in [0.1, 0.15) is 0 Å². The molecule has 0 spiro atoms. The maximum atomic E-state index is 9.75. The summed E-state index contributed by atoms with van der Waals surface area (Å²) in [5, 5.41) is 4.68. The molecule has 0 N–H and O–H groups in total. The van der Waals surface area contributed by atoms with Gasteiger partial charge >= 0.3 is 7.25 Å². The Bertz CT molecular complexity index is 511. The lowest BCUT2D eigenvalue weighted by atomic mass is 10.1. The van der Waals surface area contributed by atoms with Crippen molar-refractivity contribution in [1.82, 2.24) is 0 Å². The van der Waals surface area contributed by atoms with E-state index in [1.54, 1.807) is 0 Å². The molecule has 0 bridgehead atoms. The van der Waals surface area contributed by atoms with Crippen molar-refractivity contribution in [2.24, 2.45) is 5.10 Å². The molecule has 0 heterocycles. The summed E-state index contributed by atoms with van der Waals surface area (Å²) in [6.07, 6.45) is 8.03. The van der Waals surface area contributed by atoms with Crippen molar-refractivity contribution in [2.75, 3.05) is 21.1 Å². The number of nitrogens with zero attached hydrogens (tertiary/aromatic N) is 2. The fraction of sp³-hybridized carbons (Fsp3) is 0.312. The summed E-state index contributed by atoms with van der Waals surface area (Å²) in [7, 11) is 0.179. The molecular weight excluding hydrogens is 307 g/mol. The Morgan fingerprint density at radius 2 is 1.65 bits per heavy atom. The lowest BCUT2D eigenvalue weighted by Crippen LogP contribution is -2.28. The van der Waals surface area contributed by atoms with E-state index in [9.17, 15) is 17.3 Å². The lowest BCUT2D eigenvalue weighted by Gasteiger charge is -2.16. The van der Waals surface area contributed by atoms with Crippen LogP contribution in [0, 0.1) is 0 Å². The van der Waals surface area contributed by atoms with E-state index in [1.807, 2.05) is 24.3 Å². The minimum Gasteiger partial charge on any atom is -0.418 e. The van der Waals surface area contributed by atoms with Crippen molar-refractivity contribution < 1.29 is 21.9 Å². The average molecular weight is 330 g/mol. The normalized spacial score (nSPS) is 12.7. The minimum absolute atomic E-state index is 0.589. The van der Waals surface area contributed by atoms with Crippen molar-refractivity contribution in [3.8, 4) is 0 Å². The quantitative estimate of drug-likeness (QED) is 0.173. The number of hydrogen-bond donors (Lipinski definition) is 0. The largest absolute Gasteiger partial charge is 0.673 e. The molecule has 0 atom stereocenters. The van der Waals surface area contributed by atoms with Crippen molar-refractivity contribution in [1.29, 1.82) is 0 Å². The van der Waals surface area contributed by atoms with E-state index >= 15 is 0 Å². The summed E-state index contributed by atoms with van der Waals surface area (Å²) < 4.78 is 39.6. The highest BCUT2D eigenvalue weighted by atomic mass is 19.5. The molecule has 1 aromatic carbocycles. The molecule has 2 nitrogen and oxygen atoms in total. The van der Waals surface area contributed by atoms with Crippen LogP contribution in [0.4, 0.5) is 17.3 Å². The maximum Gasteiger partial charge on any atom is 0.673 e. The van der Waals surface area contributed by atoms with Gasteiger partial charge in [-0.3, -0.25) is 0 Å². The van der Waals surface area contributed by atoms with Gasteiger partial charge in [-0.1, -0.05) is 47.6 Å². The molecule has 0 unspecified atom stereocenters. The van der Waals surface area contributed by atoms with Crippen molar-refractivity contribution >= 4 is 19.0 Å². The van der Waals surface area contributed by atoms with Crippen molar-refractivity contribution in [3.05, 3.63) is 54.6 Å². The van der Waals surface area contributed by atoms with E-state index in [2.05, 4.69) is 57.1 Å². The topological polar surface area (TPSA) is 12.4 Å². The molecule has 0 fully saturated rings. The Hall–Kier alpha value is -1.89. The third-order valence-corrected chi connectivity index (χ3v) is 2.30. The predicted octanol–water partition coefficient (Wildman–Crippen LogP) is 5.03. The van der Waals surface area contributed by atoms with Gasteiger partial charge in [0.25, 0.3) is 0 Å². The molecule has 128 valence electrons. The van der Waals surface area contributed by atoms with E-state index in [1.165, 1.54) is 5.56 Å². The van der Waals surface area contributed by atoms with Gasteiger partial charge in [0.15, 0.2) is 0 Å². The Morgan fingerprint density at radius 1 is 1.13 bits per heavy atom. The second kappa shape index (κ2) is 10.00. The zero-order valence-electron chi connectivity index (χ0n) is 13.7. The van der Waals surface area contributed by atoms with Gasteiger partial charge < -0.3 is 17.3 Å². The van der Waals surface area contributed by atoms with Crippen LogP contribution in [-0.4, -0.2) is 38.7 Å². The lowest BCUT2D eigenvalue weighted by molar-refractivity contribution is -0.877. The van der Waals surface area contributed by atoms with Crippen LogP contribution in [0.5, 0.6) is 0 Å². The maximum absolute atomic E-state index is 9.75. The van der Waals surface area contributed by atoms with Gasteiger partial charge in [0.2, 0.25) is 0 Å². The van der Waals surface area contributed by atoms with Crippen molar-refractivity contribution in [3.63, 3.8) is 0 Å². The molecule has 0 saturated carbocycles. The van der Waals surface area contributed by atoms with E-state index in [0.717, 1.165) is 18.6 Å². The summed E-state index contributed by atoms with van der Waals surface area (Å²) in [5.41, 5.74) is 2.30. The smallest absolute Gasteiger partial charge is 0.418 e. The van der Waals surface area contributed by atoms with Crippen LogP contribution >= 0.6 is 0 Å². The Balaban J connectivity index is 0.000000841. The fourth-order valence-corrected chi connectivity index (χ4v) is 1.56. The number of hydrogen-bond acceptors (Lipinski definition) is 1. The highest BCUT2D eigenvalue weighted by Gasteiger charge is 2.20. The highest BCUT2D eigenvalue weighted by molar-refractivity contribution is 6.50. The number of benzene rings is 1. The zero-order chi connectivity index (χ0) is 17.9. The summed E-state index contributed by atoms with van der Waals surface area (Å²) in [6.45, 7) is 3.76. The molecule has 23 heavy (non-hydrogen) atoms. The zero-order valence-corrected chi connectivity index (χ0v) is 13.7. The van der Waals surface area contributed by atoms with Crippen LogP contribution in [0.25, 0.3) is 6.08 Å². The molecular formula is C16H23BF4N2. The average Bonchev–Trinajstić information content (AvgIpc) is 2.40. The SMILES string of the molecule is C=CCCC(/C=C/c1ccccc1)=N\[N+](C)(C)C.F[B-](F)(F)F. The van der Waals surface area contributed by atoms with Crippen molar-refractivity contribution in [2.45, 2.75) is 12.8 Å². The second-order valence-electron chi connectivity index (χ2n) is 5.60. The van der Waals surface area contributed by atoms with Crippen LogP contribution in [0.3, 0.4) is 0 Å². The third kappa shape index (κ3) is 16.3. The minimum atomic E-state index is -6.00. The molecule has 1 aromatic rings. The Morgan fingerprint density at radius 3 is 2.09 bits per heavy atom. The first-order valence-corrected chi connectivity index (χ1v) is 7.13. The highest BCUT2D eigenvalue weighted by Crippen LogP contribution is 2.07. The molecule has 1 rings (SSSR count). The van der Waals surface area contributed by atoms with E-state index < -0.39 is 7.25 Å². The van der Waals surface area contributed by atoms with Gasteiger partial charge in [-0.15, -0.1) is 6.58 Å². The Kier molecular flexibility index (Phi) is 9.18. The van der Waals surface area contributed by atoms with E-state index in [0.29, 0.717) is 4.59 Å². The van der Waals surface area contributed by atoms with E-state index in [-0.39, 0.29) is 0 Å². The summed E-state index contributed by atoms with van der Waals surface area (Å²) in [6, 6.07) is 10.3. The van der Waals surface area contributed by atoms with Crippen LogP contribution in [0.2, 0.25) is 0 Å². The number of allylic oxidation sites excluding steroid dienone is 2. The van der Waals surface area contributed by atoms with Crippen LogP contribution in [-0.2, 0) is 0 Å². The molecule has 7 heteroatoms. The van der Waals surface area contributed by atoms with Gasteiger partial charge in [-0.2, -0.15) is 0 Å². The summed E-state index contributed by atoms with van der Waals surface area (Å²) in [4.78, 5) is 0. The van der Waals surface area contributed by atoms with Crippen LogP contribution < -0.4 is 0 Å². The molecule has 0 aliphatic carbocycles. The standard InChI is InChI=1S/C16H23N2.BF4/c1-5-6-12-16(17-18(2,3)4)14-13-15-10-8-7-9-11-15;2-1(3,4)5/h5,7-11,13-14H,1,6,12H2,2-4H3;/q+1;-1/b14-13+,17-16+;. The first kappa shape index (κ1) is 21.1. The molecule has 0 amide bonds. The number of quaternary nitrogens is 1. The molecule has 0 saturated heterocycles. The Labute approximate surface area is 135 Å². The van der Waals surface area contributed by atoms with Gasteiger partial charge in [0.05, 0.1) is 26.9 Å². The summed E-state index contributed by atoms with van der Waals surface area (Å²) >= 11 is 0. The second-order valence-corrected chi connectivity index (χ2v) is 5.60. The van der Waals surface area contributed by atoms with Gasteiger partial charge in [-0.25, -0.2) is 4.59 Å². The van der Waals surface area contributed by atoms with Crippen LogP contribution in [0.15, 0.2) is 54.2 Å². The van der Waals surface area contributed by atoms with E-state index in [4.69, 9.17) is 0 Å². The molecule has 0 aliphatic heterocycles. The molecule has 0 aromatic heterocycles. The molecule has 0 aliphatic rings. The predicted molar refractivity (Wildman–Crippen MR) is 90.6 cm³/mol. The third-order valence-electron chi connectivity index (χ3n) is 2.30. The molecule has 0 radical (unpaired) electrons. The monoisotopic (exact) mass is 330 g/mol. The first-order chi connectivity index (χ1) is 10.5. The number of halogens is 4. The van der Waals surface area contributed by atoms with Gasteiger partial charge in [-0.05, 0) is 24.5 Å². The van der Waals surface area contributed by atoms with Gasteiger partial charge in [0, 0.05) is 0 Å². The van der Waals surface area contributed by atoms with Crippen LogP contribution in [0.1, 0.15) is 18.4 Å². The number of rotatable bonds is 6. The first-order valence-electron chi connectivity index (χ1n) is 7.13. The fourth-order valence-electron chi connectivity index (χ4n) is 1.56. The summed E-state index contributed by atoms with van der Waals surface area (Å²) in [5.74, 6) is 0.